The molecule has 1 N–H and O–H groups in total. The molecule has 1 aromatic heterocycles. The van der Waals surface area contributed by atoms with Gasteiger partial charge >= 0.3 is 6.61 Å². The molecule has 0 radical (unpaired) electrons. The van der Waals surface area contributed by atoms with Crippen LogP contribution < -0.4 is 4.74 Å². The van der Waals surface area contributed by atoms with Crippen molar-refractivity contribution in [3.8, 4) is 5.75 Å². The van der Waals surface area contributed by atoms with Crippen LogP contribution in [-0.4, -0.2) is 29.3 Å². The molecule has 0 saturated carbocycles. The predicted octanol–water partition coefficient (Wildman–Crippen LogP) is 3.30. The minimum atomic E-state index is -2.92. The number of nitrogens with zero attached hydrogens (tertiary/aromatic N) is 1. The van der Waals surface area contributed by atoms with Crippen LogP contribution in [0.15, 0.2) is 29.3 Å². The van der Waals surface area contributed by atoms with Crippen molar-refractivity contribution in [3.05, 3.63) is 41.3 Å². The van der Waals surface area contributed by atoms with Gasteiger partial charge in [-0.1, -0.05) is 12.1 Å². The second-order valence-electron chi connectivity index (χ2n) is 4.32. The molecule has 1 aromatic carbocycles. The number of imidazole rings is 1. The first-order valence-electron chi connectivity index (χ1n) is 6.29. The van der Waals surface area contributed by atoms with E-state index in [2.05, 4.69) is 14.7 Å². The molecule has 1 atom stereocenters. The number of H-pyrrole nitrogens is 1. The third-order valence-corrected chi connectivity index (χ3v) is 3.66. The number of carbonyl (C=O) groups is 1. The van der Waals surface area contributed by atoms with Gasteiger partial charge in [-0.15, -0.1) is 11.8 Å². The second-order valence-corrected chi connectivity index (χ2v) is 5.11. The van der Waals surface area contributed by atoms with E-state index < -0.39 is 12.7 Å². The first-order chi connectivity index (χ1) is 10.5. The molecule has 5 nitrogen and oxygen atoms in total. The van der Waals surface area contributed by atoms with Crippen LogP contribution in [0.4, 0.5) is 8.78 Å². The third-order valence-electron chi connectivity index (χ3n) is 2.88. The topological polar surface area (TPSA) is 64.2 Å². The van der Waals surface area contributed by atoms with Gasteiger partial charge in [0.05, 0.1) is 0 Å². The lowest BCUT2D eigenvalue weighted by Crippen LogP contribution is -2.08. The predicted molar refractivity (Wildman–Crippen MR) is 77.2 cm³/mol. The van der Waals surface area contributed by atoms with Crippen molar-refractivity contribution in [2.75, 3.05) is 6.26 Å². The lowest BCUT2D eigenvalue weighted by Gasteiger charge is -2.14. The first kappa shape index (κ1) is 16.3. The highest BCUT2D eigenvalue weighted by atomic mass is 32.2. The van der Waals surface area contributed by atoms with E-state index in [4.69, 9.17) is 4.74 Å². The molecule has 0 amide bonds. The molecule has 0 aliphatic heterocycles. The maximum absolute atomic E-state index is 12.3. The highest BCUT2D eigenvalue weighted by Gasteiger charge is 2.21. The standard InChI is InChI=1S/C14H14F2N2O3S/c1-8-13(22-2)18-12(17-8)11(20-7-19)9-4-3-5-10(6-9)21-14(15)16/h3-7,11,14H,1-2H3,(H,17,18). The molecule has 0 spiro atoms. The summed E-state index contributed by atoms with van der Waals surface area (Å²) in [5.41, 5.74) is 1.31. The number of aryl methyl sites for hydroxylation is 1. The smallest absolute Gasteiger partial charge is 0.387 e. The zero-order valence-electron chi connectivity index (χ0n) is 11.9. The Bertz CT molecular complexity index is 649. The van der Waals surface area contributed by atoms with Gasteiger partial charge in [0.2, 0.25) is 0 Å². The van der Waals surface area contributed by atoms with E-state index in [0.29, 0.717) is 17.9 Å². The van der Waals surface area contributed by atoms with Crippen LogP contribution in [0.1, 0.15) is 23.2 Å². The second kappa shape index (κ2) is 7.26. The molecule has 0 aliphatic rings. The van der Waals surface area contributed by atoms with E-state index in [1.807, 2.05) is 13.2 Å². The van der Waals surface area contributed by atoms with Gasteiger partial charge in [-0.05, 0) is 25.3 Å². The largest absolute Gasteiger partial charge is 0.451 e. The van der Waals surface area contributed by atoms with Gasteiger partial charge in [0, 0.05) is 11.3 Å². The summed E-state index contributed by atoms with van der Waals surface area (Å²) in [4.78, 5) is 18.1. The molecular formula is C14H14F2N2O3S. The number of ether oxygens (including phenoxy) is 2. The zero-order valence-corrected chi connectivity index (χ0v) is 12.7. The summed E-state index contributed by atoms with van der Waals surface area (Å²) in [6, 6.07) is 5.97. The molecule has 0 bridgehead atoms. The Morgan fingerprint density at radius 3 is 2.77 bits per heavy atom. The van der Waals surface area contributed by atoms with Gasteiger partial charge in [0.1, 0.15) is 10.8 Å². The van der Waals surface area contributed by atoms with Gasteiger partial charge in [0.25, 0.3) is 6.47 Å². The quantitative estimate of drug-likeness (QED) is 0.624. The number of alkyl halides is 2. The van der Waals surface area contributed by atoms with Crippen LogP contribution in [0.3, 0.4) is 0 Å². The van der Waals surface area contributed by atoms with Crippen molar-refractivity contribution in [2.45, 2.75) is 24.7 Å². The molecule has 1 unspecified atom stereocenters. The number of aromatic amines is 1. The maximum atomic E-state index is 12.3. The molecule has 2 rings (SSSR count). The van der Waals surface area contributed by atoms with E-state index in [1.54, 1.807) is 12.1 Å². The number of thioether (sulfide) groups is 1. The number of hydrogen-bond donors (Lipinski definition) is 1. The number of benzene rings is 1. The molecule has 0 fully saturated rings. The van der Waals surface area contributed by atoms with Crippen LogP contribution in [0.2, 0.25) is 0 Å². The van der Waals surface area contributed by atoms with Crippen LogP contribution in [0.5, 0.6) is 5.75 Å². The highest BCUT2D eigenvalue weighted by molar-refractivity contribution is 7.98. The van der Waals surface area contributed by atoms with Gasteiger partial charge < -0.3 is 14.5 Å². The van der Waals surface area contributed by atoms with Crippen LogP contribution in [-0.2, 0) is 9.53 Å². The maximum Gasteiger partial charge on any atom is 0.387 e. The fourth-order valence-corrected chi connectivity index (χ4v) is 2.55. The first-order valence-corrected chi connectivity index (χ1v) is 7.52. The summed E-state index contributed by atoms with van der Waals surface area (Å²) in [5, 5.41) is 0.773. The van der Waals surface area contributed by atoms with Crippen molar-refractivity contribution in [1.29, 1.82) is 0 Å². The lowest BCUT2D eigenvalue weighted by atomic mass is 10.1. The Kier molecular flexibility index (Phi) is 5.37. The van der Waals surface area contributed by atoms with Crippen molar-refractivity contribution in [2.24, 2.45) is 0 Å². The van der Waals surface area contributed by atoms with E-state index >= 15 is 0 Å². The Labute approximate surface area is 130 Å². The van der Waals surface area contributed by atoms with Crippen molar-refractivity contribution in [3.63, 3.8) is 0 Å². The van der Waals surface area contributed by atoms with Crippen molar-refractivity contribution >= 4 is 18.2 Å². The Morgan fingerprint density at radius 1 is 1.41 bits per heavy atom. The van der Waals surface area contributed by atoms with Gasteiger partial charge in [-0.25, -0.2) is 4.98 Å². The van der Waals surface area contributed by atoms with Crippen LogP contribution in [0, 0.1) is 6.92 Å². The Hall–Kier alpha value is -2.09. The zero-order chi connectivity index (χ0) is 16.1. The normalized spacial score (nSPS) is 12.2. The van der Waals surface area contributed by atoms with Crippen LogP contribution >= 0.6 is 11.8 Å². The van der Waals surface area contributed by atoms with Crippen molar-refractivity contribution < 1.29 is 23.0 Å². The summed E-state index contributed by atoms with van der Waals surface area (Å²) < 4.78 is 34.0. The average molecular weight is 328 g/mol. The monoisotopic (exact) mass is 328 g/mol. The summed E-state index contributed by atoms with van der Waals surface area (Å²) in [6.07, 6.45) is 1.05. The molecule has 118 valence electrons. The third kappa shape index (κ3) is 3.76. The van der Waals surface area contributed by atoms with E-state index in [1.165, 1.54) is 23.9 Å². The average Bonchev–Trinajstić information content (AvgIpc) is 2.85. The fourth-order valence-electron chi connectivity index (χ4n) is 2.00. The molecule has 0 aliphatic carbocycles. The fraction of sp³-hybridized carbons (Fsp3) is 0.286. The number of rotatable bonds is 7. The number of nitrogens with one attached hydrogen (secondary N) is 1. The number of hydrogen-bond acceptors (Lipinski definition) is 5. The number of halogens is 2. The lowest BCUT2D eigenvalue weighted by molar-refractivity contribution is -0.132. The Balaban J connectivity index is 2.36. The van der Waals surface area contributed by atoms with E-state index in [-0.39, 0.29) is 5.75 Å². The molecule has 22 heavy (non-hydrogen) atoms. The number of carbonyl (C=O) groups excluding carboxylic acids is 1. The van der Waals surface area contributed by atoms with Crippen LogP contribution in [0.25, 0.3) is 0 Å². The minimum absolute atomic E-state index is 0.0135. The minimum Gasteiger partial charge on any atom is -0.451 e. The molecule has 1 heterocycles. The summed E-state index contributed by atoms with van der Waals surface area (Å²) in [5.74, 6) is 0.406. The Morgan fingerprint density at radius 2 is 2.18 bits per heavy atom. The van der Waals surface area contributed by atoms with Gasteiger partial charge in [-0.3, -0.25) is 4.79 Å². The summed E-state index contributed by atoms with van der Waals surface area (Å²) >= 11 is 1.45. The van der Waals surface area contributed by atoms with Gasteiger partial charge in [0.15, 0.2) is 11.9 Å². The molecule has 2 aromatic rings. The highest BCUT2D eigenvalue weighted by Crippen LogP contribution is 2.29. The van der Waals surface area contributed by atoms with Gasteiger partial charge in [-0.2, -0.15) is 8.78 Å². The van der Waals surface area contributed by atoms with Crippen molar-refractivity contribution in [1.82, 2.24) is 9.97 Å². The molecular weight excluding hydrogens is 314 g/mol. The molecule has 8 heteroatoms. The summed E-state index contributed by atoms with van der Waals surface area (Å²) in [7, 11) is 0. The SMILES string of the molecule is CSc1nc(C(OC=O)c2cccc(OC(F)F)c2)[nH]c1C. The summed E-state index contributed by atoms with van der Waals surface area (Å²) in [6.45, 7) is -0.784. The molecule has 0 saturated heterocycles. The van der Waals surface area contributed by atoms with E-state index in [0.717, 1.165) is 10.7 Å². The number of aromatic nitrogens is 2. The van der Waals surface area contributed by atoms with E-state index in [9.17, 15) is 13.6 Å².